The van der Waals surface area contributed by atoms with Crippen LogP contribution in [-0.2, 0) is 0 Å². The lowest BCUT2D eigenvalue weighted by atomic mass is 9.88. The minimum atomic E-state index is -0.660. The molecular weight excluding hydrogens is 166 g/mol. The van der Waals surface area contributed by atoms with Crippen molar-refractivity contribution in [3.05, 3.63) is 29.7 Å². The van der Waals surface area contributed by atoms with Gasteiger partial charge in [0.25, 0.3) is 0 Å². The molecule has 3 nitrogen and oxygen atoms in total. The quantitative estimate of drug-likeness (QED) is 0.712. The highest BCUT2D eigenvalue weighted by Gasteiger charge is 2.35. The molecule has 1 aliphatic heterocycles. The molecule has 1 aromatic rings. The maximum Gasteiger partial charge on any atom is 0.126 e. The second-order valence-electron chi connectivity index (χ2n) is 3.48. The molecule has 70 valence electrons. The normalized spacial score (nSPS) is 21.2. The Morgan fingerprint density at radius 1 is 1.69 bits per heavy atom. The van der Waals surface area contributed by atoms with Crippen LogP contribution in [-0.4, -0.2) is 23.8 Å². The monoisotopic (exact) mass is 179 g/mol. The molecule has 0 amide bonds. The largest absolute Gasteiger partial charge is 0.465 e. The van der Waals surface area contributed by atoms with Crippen LogP contribution in [0, 0.1) is 0 Å². The molecule has 13 heavy (non-hydrogen) atoms. The summed E-state index contributed by atoms with van der Waals surface area (Å²) in [6.45, 7) is 3.19. The Hall–Kier alpha value is -1.06. The standard InChI is InChI=1S/C10H13NO2/c1-8(10(12)6-11-7-10)5-9-3-2-4-13-9/h2-5,11-12H,6-7H2,1H3/b8-5+. The first-order chi connectivity index (χ1) is 6.21. The second-order valence-corrected chi connectivity index (χ2v) is 3.48. The molecule has 0 spiro atoms. The summed E-state index contributed by atoms with van der Waals surface area (Å²) in [6, 6.07) is 3.71. The molecule has 0 unspecified atom stereocenters. The van der Waals surface area contributed by atoms with Crippen LogP contribution in [0.3, 0.4) is 0 Å². The number of β-amino-alcohol motifs (C(OH)–C–C–N with tert-alkyl or cyclic N) is 1. The molecule has 0 saturated carbocycles. The molecule has 2 N–H and O–H groups in total. The van der Waals surface area contributed by atoms with E-state index in [-0.39, 0.29) is 0 Å². The number of hydrogen-bond acceptors (Lipinski definition) is 3. The molecule has 0 aliphatic carbocycles. The third-order valence-corrected chi connectivity index (χ3v) is 2.47. The van der Waals surface area contributed by atoms with Crippen molar-refractivity contribution in [1.82, 2.24) is 5.32 Å². The fourth-order valence-corrected chi connectivity index (χ4v) is 1.36. The van der Waals surface area contributed by atoms with Gasteiger partial charge in [0.05, 0.1) is 6.26 Å². The zero-order chi connectivity index (χ0) is 9.31. The molecule has 1 aromatic heterocycles. The van der Waals surface area contributed by atoms with Crippen molar-refractivity contribution >= 4 is 6.08 Å². The van der Waals surface area contributed by atoms with Gasteiger partial charge in [-0.1, -0.05) is 0 Å². The van der Waals surface area contributed by atoms with Crippen molar-refractivity contribution in [1.29, 1.82) is 0 Å². The van der Waals surface area contributed by atoms with E-state index in [1.165, 1.54) is 0 Å². The number of nitrogens with one attached hydrogen (secondary N) is 1. The average molecular weight is 179 g/mol. The van der Waals surface area contributed by atoms with Gasteiger partial charge in [0.15, 0.2) is 0 Å². The van der Waals surface area contributed by atoms with Crippen LogP contribution in [0.4, 0.5) is 0 Å². The zero-order valence-corrected chi connectivity index (χ0v) is 7.58. The summed E-state index contributed by atoms with van der Waals surface area (Å²) in [7, 11) is 0. The minimum absolute atomic E-state index is 0.635. The summed E-state index contributed by atoms with van der Waals surface area (Å²) in [6.07, 6.45) is 3.50. The first-order valence-corrected chi connectivity index (χ1v) is 4.36. The third-order valence-electron chi connectivity index (χ3n) is 2.47. The Bertz CT molecular complexity index is 310. The summed E-state index contributed by atoms with van der Waals surface area (Å²) < 4.78 is 5.16. The minimum Gasteiger partial charge on any atom is -0.465 e. The second kappa shape index (κ2) is 3.01. The van der Waals surface area contributed by atoms with Crippen molar-refractivity contribution < 1.29 is 9.52 Å². The highest BCUT2D eigenvalue weighted by molar-refractivity contribution is 5.50. The Balaban J connectivity index is 2.16. The van der Waals surface area contributed by atoms with Crippen molar-refractivity contribution in [2.24, 2.45) is 0 Å². The molecule has 2 heterocycles. The summed E-state index contributed by atoms with van der Waals surface area (Å²) in [5, 5.41) is 12.9. The topological polar surface area (TPSA) is 45.4 Å². The number of rotatable bonds is 2. The average Bonchev–Trinajstić information content (AvgIpc) is 2.52. The van der Waals surface area contributed by atoms with Crippen LogP contribution in [0.15, 0.2) is 28.4 Å². The Morgan fingerprint density at radius 2 is 2.46 bits per heavy atom. The molecule has 1 fully saturated rings. The zero-order valence-electron chi connectivity index (χ0n) is 7.58. The molecule has 0 radical (unpaired) electrons. The van der Waals surface area contributed by atoms with Gasteiger partial charge in [-0.05, 0) is 30.7 Å². The van der Waals surface area contributed by atoms with Gasteiger partial charge in [-0.2, -0.15) is 0 Å². The van der Waals surface area contributed by atoms with Crippen LogP contribution >= 0.6 is 0 Å². The number of hydrogen-bond donors (Lipinski definition) is 2. The maximum absolute atomic E-state index is 9.90. The molecule has 3 heteroatoms. The van der Waals surface area contributed by atoms with Crippen LogP contribution in [0.2, 0.25) is 0 Å². The highest BCUT2D eigenvalue weighted by Crippen LogP contribution is 2.23. The lowest BCUT2D eigenvalue weighted by Gasteiger charge is -2.38. The van der Waals surface area contributed by atoms with Gasteiger partial charge < -0.3 is 14.8 Å². The molecular formula is C10H13NO2. The summed E-state index contributed by atoms with van der Waals surface area (Å²) in [5.41, 5.74) is 0.286. The van der Waals surface area contributed by atoms with Crippen LogP contribution in [0.1, 0.15) is 12.7 Å². The van der Waals surface area contributed by atoms with Crippen LogP contribution < -0.4 is 5.32 Å². The van der Waals surface area contributed by atoms with Gasteiger partial charge >= 0.3 is 0 Å². The van der Waals surface area contributed by atoms with E-state index in [0.29, 0.717) is 13.1 Å². The van der Waals surface area contributed by atoms with E-state index < -0.39 is 5.60 Å². The molecule has 2 rings (SSSR count). The maximum atomic E-state index is 9.90. The molecule has 0 aromatic carbocycles. The van der Waals surface area contributed by atoms with E-state index in [0.717, 1.165) is 11.3 Å². The van der Waals surface area contributed by atoms with E-state index in [4.69, 9.17) is 4.42 Å². The Kier molecular flexibility index (Phi) is 1.98. The van der Waals surface area contributed by atoms with E-state index in [9.17, 15) is 5.11 Å². The Labute approximate surface area is 77.1 Å². The van der Waals surface area contributed by atoms with E-state index in [2.05, 4.69) is 5.32 Å². The van der Waals surface area contributed by atoms with Crippen molar-refractivity contribution in [2.75, 3.05) is 13.1 Å². The van der Waals surface area contributed by atoms with Gasteiger partial charge in [0.1, 0.15) is 11.4 Å². The van der Waals surface area contributed by atoms with Gasteiger partial charge in [-0.15, -0.1) is 0 Å². The summed E-state index contributed by atoms with van der Waals surface area (Å²) in [5.74, 6) is 0.790. The van der Waals surface area contributed by atoms with Gasteiger partial charge in [-0.25, -0.2) is 0 Å². The van der Waals surface area contributed by atoms with Crippen molar-refractivity contribution in [2.45, 2.75) is 12.5 Å². The first kappa shape index (κ1) is 8.53. The third kappa shape index (κ3) is 1.53. The molecule has 1 aliphatic rings. The van der Waals surface area contributed by atoms with Gasteiger partial charge in [-0.3, -0.25) is 0 Å². The van der Waals surface area contributed by atoms with Crippen molar-refractivity contribution in [3.63, 3.8) is 0 Å². The SMILES string of the molecule is C/C(=C\c1ccco1)C1(O)CNC1. The smallest absolute Gasteiger partial charge is 0.126 e. The van der Waals surface area contributed by atoms with Crippen molar-refractivity contribution in [3.8, 4) is 0 Å². The summed E-state index contributed by atoms with van der Waals surface area (Å²) in [4.78, 5) is 0. The summed E-state index contributed by atoms with van der Waals surface area (Å²) >= 11 is 0. The molecule has 1 saturated heterocycles. The van der Waals surface area contributed by atoms with E-state index >= 15 is 0 Å². The van der Waals surface area contributed by atoms with E-state index in [1.54, 1.807) is 6.26 Å². The fraction of sp³-hybridized carbons (Fsp3) is 0.400. The lowest BCUT2D eigenvalue weighted by molar-refractivity contribution is 0.0269. The highest BCUT2D eigenvalue weighted by atomic mass is 16.3. The van der Waals surface area contributed by atoms with Gasteiger partial charge in [0, 0.05) is 13.1 Å². The predicted octanol–water partition coefficient (Wildman–Crippen LogP) is 1.02. The van der Waals surface area contributed by atoms with E-state index in [1.807, 2.05) is 25.1 Å². The van der Waals surface area contributed by atoms with Crippen LogP contribution in [0.25, 0.3) is 6.08 Å². The fourth-order valence-electron chi connectivity index (χ4n) is 1.36. The lowest BCUT2D eigenvalue weighted by Crippen LogP contribution is -2.60. The Morgan fingerprint density at radius 3 is 2.92 bits per heavy atom. The van der Waals surface area contributed by atoms with Gasteiger partial charge in [0.2, 0.25) is 0 Å². The molecule has 0 atom stereocenters. The van der Waals surface area contributed by atoms with Crippen LogP contribution in [0.5, 0.6) is 0 Å². The molecule has 0 bridgehead atoms. The predicted molar refractivity (Wildman–Crippen MR) is 50.2 cm³/mol. The number of aliphatic hydroxyl groups is 1. The number of furan rings is 1. The first-order valence-electron chi connectivity index (χ1n) is 4.36.